The number of hydrogen-bond acceptors (Lipinski definition) is 6. The first-order valence-electron chi connectivity index (χ1n) is 10.9. The number of benzene rings is 1. The van der Waals surface area contributed by atoms with Crippen LogP contribution in [0.2, 0.25) is 0 Å². The Morgan fingerprint density at radius 3 is 2.50 bits per heavy atom. The first-order chi connectivity index (χ1) is 15.4. The predicted molar refractivity (Wildman–Crippen MR) is 130 cm³/mol. The Balaban J connectivity index is 1.99. The molecule has 170 valence electrons. The van der Waals surface area contributed by atoms with E-state index in [4.69, 9.17) is 5.73 Å². The van der Waals surface area contributed by atoms with E-state index in [2.05, 4.69) is 16.9 Å². The average molecular weight is 456 g/mol. The van der Waals surface area contributed by atoms with E-state index in [1.807, 2.05) is 38.1 Å². The minimum atomic E-state index is -0.673. The fourth-order valence-electron chi connectivity index (χ4n) is 3.44. The van der Waals surface area contributed by atoms with Gasteiger partial charge in [0, 0.05) is 24.0 Å². The van der Waals surface area contributed by atoms with Crippen LogP contribution in [0, 0.1) is 0 Å². The molecule has 0 aliphatic heterocycles. The second kappa shape index (κ2) is 10.4. The van der Waals surface area contributed by atoms with Crippen molar-refractivity contribution in [1.29, 1.82) is 0 Å². The van der Waals surface area contributed by atoms with Crippen LogP contribution in [-0.2, 0) is 13.0 Å². The third-order valence-corrected chi connectivity index (χ3v) is 6.14. The average Bonchev–Trinajstić information content (AvgIpc) is 3.28. The van der Waals surface area contributed by atoms with Gasteiger partial charge in [-0.25, -0.2) is 9.78 Å². The van der Waals surface area contributed by atoms with E-state index in [1.165, 1.54) is 26.4 Å². The Bertz CT molecular complexity index is 1190. The van der Waals surface area contributed by atoms with E-state index in [0.717, 1.165) is 29.8 Å². The maximum Gasteiger partial charge on any atom is 0.330 e. The summed E-state index contributed by atoms with van der Waals surface area (Å²) in [7, 11) is 0. The van der Waals surface area contributed by atoms with Crippen molar-refractivity contribution < 1.29 is 4.79 Å². The molecule has 3 rings (SSSR count). The lowest BCUT2D eigenvalue weighted by molar-refractivity contribution is 0.0982. The molecular formula is C23H29N5O3S. The number of carbonyl (C=O) groups excluding carboxylic acids is 1. The smallest absolute Gasteiger partial charge is 0.330 e. The van der Waals surface area contributed by atoms with Gasteiger partial charge in [-0.05, 0) is 24.8 Å². The number of nitrogens with two attached hydrogens (primary N) is 1. The molecule has 0 aliphatic rings. The molecule has 32 heavy (non-hydrogen) atoms. The third-order valence-electron chi connectivity index (χ3n) is 5.24. The number of aromatic amines is 1. The number of nitrogens with one attached hydrogen (secondary N) is 1. The van der Waals surface area contributed by atoms with Crippen LogP contribution in [0.5, 0.6) is 0 Å². The molecule has 0 bridgehead atoms. The maximum atomic E-state index is 13.4. The normalized spacial score (nSPS) is 11.0. The Labute approximate surface area is 190 Å². The number of thiazole rings is 1. The Kier molecular flexibility index (Phi) is 7.63. The van der Waals surface area contributed by atoms with Crippen LogP contribution in [0.3, 0.4) is 0 Å². The molecule has 1 aromatic carbocycles. The van der Waals surface area contributed by atoms with E-state index in [-0.39, 0.29) is 23.7 Å². The van der Waals surface area contributed by atoms with Gasteiger partial charge in [0.1, 0.15) is 16.5 Å². The van der Waals surface area contributed by atoms with Gasteiger partial charge in [0.15, 0.2) is 5.69 Å². The Hall–Kier alpha value is -3.20. The predicted octanol–water partition coefficient (Wildman–Crippen LogP) is 3.66. The molecular weight excluding hydrogens is 426 g/mol. The minimum absolute atomic E-state index is 0.000363. The second-order valence-electron chi connectivity index (χ2n) is 7.54. The highest BCUT2D eigenvalue weighted by molar-refractivity contribution is 7.13. The van der Waals surface area contributed by atoms with Gasteiger partial charge >= 0.3 is 5.69 Å². The van der Waals surface area contributed by atoms with Crippen molar-refractivity contribution in [1.82, 2.24) is 14.5 Å². The molecule has 0 spiro atoms. The lowest BCUT2D eigenvalue weighted by atomic mass is 10.1. The molecule has 0 aliphatic carbocycles. The highest BCUT2D eigenvalue weighted by atomic mass is 32.1. The van der Waals surface area contributed by atoms with Gasteiger partial charge < -0.3 is 5.73 Å². The number of H-pyrrole nitrogens is 1. The van der Waals surface area contributed by atoms with Crippen molar-refractivity contribution >= 4 is 28.7 Å². The lowest BCUT2D eigenvalue weighted by Crippen LogP contribution is -2.41. The number of unbranched alkanes of at least 4 members (excludes halogenated alkanes) is 1. The molecule has 3 aromatic rings. The third kappa shape index (κ3) is 4.83. The van der Waals surface area contributed by atoms with Crippen LogP contribution >= 0.6 is 11.3 Å². The summed E-state index contributed by atoms with van der Waals surface area (Å²) in [6.45, 7) is 6.63. The highest BCUT2D eigenvalue weighted by Crippen LogP contribution is 2.26. The fourth-order valence-corrected chi connectivity index (χ4v) is 4.24. The second-order valence-corrected chi connectivity index (χ2v) is 8.40. The molecule has 8 nitrogen and oxygen atoms in total. The number of nitrogen functional groups attached to an aromatic ring is 1. The van der Waals surface area contributed by atoms with Crippen molar-refractivity contribution in [2.45, 2.75) is 53.0 Å². The van der Waals surface area contributed by atoms with Crippen molar-refractivity contribution in [2.75, 3.05) is 17.2 Å². The van der Waals surface area contributed by atoms with Crippen molar-refractivity contribution in [3.63, 3.8) is 0 Å². The first-order valence-corrected chi connectivity index (χ1v) is 11.8. The molecule has 0 atom stereocenters. The van der Waals surface area contributed by atoms with Crippen LogP contribution in [0.25, 0.3) is 10.6 Å². The summed E-state index contributed by atoms with van der Waals surface area (Å²) in [5.41, 5.74) is 7.37. The molecule has 3 N–H and O–H groups in total. The first kappa shape index (κ1) is 23.5. The molecule has 9 heteroatoms. The monoisotopic (exact) mass is 455 g/mol. The molecule has 1 amide bonds. The van der Waals surface area contributed by atoms with Gasteiger partial charge in [-0.15, -0.1) is 11.3 Å². The zero-order chi connectivity index (χ0) is 23.3. The Morgan fingerprint density at radius 2 is 1.88 bits per heavy atom. The number of carbonyl (C=O) groups is 1. The van der Waals surface area contributed by atoms with Crippen molar-refractivity contribution in [3.8, 4) is 10.6 Å². The van der Waals surface area contributed by atoms with Crippen LogP contribution in [0.15, 0.2) is 39.2 Å². The molecule has 0 unspecified atom stereocenters. The molecule has 0 saturated heterocycles. The summed E-state index contributed by atoms with van der Waals surface area (Å²) in [4.78, 5) is 46.4. The van der Waals surface area contributed by atoms with Gasteiger partial charge in [0.05, 0.1) is 0 Å². The van der Waals surface area contributed by atoms with Gasteiger partial charge in [0.2, 0.25) is 0 Å². The number of hydrogen-bond donors (Lipinski definition) is 2. The number of anilines is 2. The summed E-state index contributed by atoms with van der Waals surface area (Å²) >= 11 is 1.37. The zero-order valence-corrected chi connectivity index (χ0v) is 19.5. The molecule has 0 saturated carbocycles. The van der Waals surface area contributed by atoms with Crippen LogP contribution in [0.1, 0.15) is 56.1 Å². The van der Waals surface area contributed by atoms with E-state index in [9.17, 15) is 14.4 Å². The van der Waals surface area contributed by atoms with Gasteiger partial charge in [-0.2, -0.15) is 0 Å². The fraction of sp³-hybridized carbons (Fsp3) is 0.391. The lowest BCUT2D eigenvalue weighted by Gasteiger charge is -2.23. The minimum Gasteiger partial charge on any atom is -0.383 e. The number of nitrogens with zero attached hydrogens (tertiary/aromatic N) is 3. The quantitative estimate of drug-likeness (QED) is 0.511. The van der Waals surface area contributed by atoms with Crippen LogP contribution < -0.4 is 21.9 Å². The van der Waals surface area contributed by atoms with Crippen LogP contribution in [-0.4, -0.2) is 27.0 Å². The SMILES string of the molecule is CCCCn1c(N)c(N(CCC)C(=O)c2csc(-c3ccc(CC)cc3)n2)c(=O)[nH]c1=O. The summed E-state index contributed by atoms with van der Waals surface area (Å²) in [6.07, 6.45) is 3.14. The molecule has 2 heterocycles. The number of amides is 1. The van der Waals surface area contributed by atoms with E-state index in [0.29, 0.717) is 13.0 Å². The van der Waals surface area contributed by atoms with Crippen LogP contribution in [0.4, 0.5) is 11.5 Å². The summed E-state index contributed by atoms with van der Waals surface area (Å²) < 4.78 is 1.32. The van der Waals surface area contributed by atoms with Crippen molar-refractivity contribution in [3.05, 3.63) is 61.7 Å². The standard InChI is InChI=1S/C23H29N5O3S/c1-4-7-13-28-19(24)18(20(29)26-23(28)31)27(12-5-2)22(30)17-14-32-21(25-17)16-10-8-15(6-3)9-11-16/h8-11,14H,4-7,12-13,24H2,1-3H3,(H,26,29,31). The summed E-state index contributed by atoms with van der Waals surface area (Å²) in [5.74, 6) is -0.419. The van der Waals surface area contributed by atoms with Gasteiger partial charge in [-0.1, -0.05) is 51.5 Å². The van der Waals surface area contributed by atoms with E-state index < -0.39 is 17.2 Å². The molecule has 0 radical (unpaired) electrons. The molecule has 2 aromatic heterocycles. The van der Waals surface area contributed by atoms with Crippen molar-refractivity contribution in [2.24, 2.45) is 0 Å². The highest BCUT2D eigenvalue weighted by Gasteiger charge is 2.26. The van der Waals surface area contributed by atoms with Gasteiger partial charge in [0.25, 0.3) is 11.5 Å². The zero-order valence-electron chi connectivity index (χ0n) is 18.7. The van der Waals surface area contributed by atoms with E-state index >= 15 is 0 Å². The number of rotatable bonds is 9. The summed E-state index contributed by atoms with van der Waals surface area (Å²) in [5, 5.41) is 2.41. The largest absolute Gasteiger partial charge is 0.383 e. The number of aromatic nitrogens is 3. The Morgan fingerprint density at radius 1 is 1.16 bits per heavy atom. The maximum absolute atomic E-state index is 13.4. The topological polar surface area (TPSA) is 114 Å². The summed E-state index contributed by atoms with van der Waals surface area (Å²) in [6, 6.07) is 8.06. The number of aryl methyl sites for hydroxylation is 1. The van der Waals surface area contributed by atoms with Gasteiger partial charge in [-0.3, -0.25) is 24.0 Å². The van der Waals surface area contributed by atoms with E-state index in [1.54, 1.807) is 5.38 Å². The molecule has 0 fully saturated rings.